The minimum atomic E-state index is -0.0594. The minimum Gasteiger partial charge on any atom is -0.508 e. The van der Waals surface area contributed by atoms with Crippen LogP contribution < -0.4 is 9.80 Å². The number of anilines is 2. The minimum absolute atomic E-state index is 0.0594. The van der Waals surface area contributed by atoms with Crippen molar-refractivity contribution in [1.29, 1.82) is 0 Å². The van der Waals surface area contributed by atoms with Crippen LogP contribution in [0.1, 0.15) is 23.3 Å². The van der Waals surface area contributed by atoms with Crippen LogP contribution in [0.2, 0.25) is 0 Å². The van der Waals surface area contributed by atoms with Crippen molar-refractivity contribution in [3.8, 4) is 5.75 Å². The van der Waals surface area contributed by atoms with Gasteiger partial charge in [0, 0.05) is 45.0 Å². The number of phenols is 1. The molecule has 1 aromatic carbocycles. The Hall–Kier alpha value is -2.83. The number of hydrogen-bond acceptors (Lipinski definition) is 6. The molecule has 2 aromatic rings. The second kappa shape index (κ2) is 7.19. The highest BCUT2D eigenvalue weighted by Gasteiger charge is 2.24. The van der Waals surface area contributed by atoms with Gasteiger partial charge < -0.3 is 19.8 Å². The number of nitrogens with zero attached hydrogens (tertiary/aromatic N) is 5. The molecule has 0 aliphatic carbocycles. The van der Waals surface area contributed by atoms with E-state index in [0.717, 1.165) is 37.7 Å². The molecule has 26 heavy (non-hydrogen) atoms. The van der Waals surface area contributed by atoms with E-state index in [2.05, 4.69) is 20.0 Å². The topological polar surface area (TPSA) is 72.8 Å². The molecule has 1 aromatic heterocycles. The second-order valence-electron chi connectivity index (χ2n) is 6.77. The standard InChI is InChI=1S/C19H23N5O2/c25-16-5-3-15(4-6-16)22-11-13-24(14-12-22)19(26)17-7-8-18(21-20-17)23-9-1-2-10-23/h3-8,25H,1-2,9-14H2. The van der Waals surface area contributed by atoms with Gasteiger partial charge in [-0.1, -0.05) is 0 Å². The maximum Gasteiger partial charge on any atom is 0.274 e. The first-order chi connectivity index (χ1) is 12.7. The molecule has 1 N–H and O–H groups in total. The Kier molecular flexibility index (Phi) is 4.60. The second-order valence-corrected chi connectivity index (χ2v) is 6.77. The first kappa shape index (κ1) is 16.6. The smallest absolute Gasteiger partial charge is 0.274 e. The summed E-state index contributed by atoms with van der Waals surface area (Å²) in [6.45, 7) is 4.85. The van der Waals surface area contributed by atoms with Crippen LogP contribution in [0.4, 0.5) is 11.5 Å². The van der Waals surface area contributed by atoms with E-state index in [1.807, 2.05) is 23.1 Å². The molecule has 7 nitrogen and oxygen atoms in total. The van der Waals surface area contributed by atoms with E-state index in [1.54, 1.807) is 18.2 Å². The zero-order valence-corrected chi connectivity index (χ0v) is 14.7. The van der Waals surface area contributed by atoms with Crippen LogP contribution in [-0.2, 0) is 0 Å². The van der Waals surface area contributed by atoms with Crippen LogP contribution >= 0.6 is 0 Å². The normalized spacial score (nSPS) is 17.6. The van der Waals surface area contributed by atoms with Crippen molar-refractivity contribution < 1.29 is 9.90 Å². The number of phenolic OH excluding ortho intramolecular Hbond substituents is 1. The van der Waals surface area contributed by atoms with E-state index < -0.39 is 0 Å². The van der Waals surface area contributed by atoms with Crippen molar-refractivity contribution in [2.24, 2.45) is 0 Å². The van der Waals surface area contributed by atoms with Gasteiger partial charge in [-0.05, 0) is 49.2 Å². The van der Waals surface area contributed by atoms with Crippen molar-refractivity contribution in [3.63, 3.8) is 0 Å². The van der Waals surface area contributed by atoms with Gasteiger partial charge in [-0.2, -0.15) is 0 Å². The van der Waals surface area contributed by atoms with Crippen LogP contribution in [0, 0.1) is 0 Å². The van der Waals surface area contributed by atoms with E-state index in [1.165, 1.54) is 12.8 Å². The summed E-state index contributed by atoms with van der Waals surface area (Å²) in [5.74, 6) is 1.06. The Labute approximate surface area is 152 Å². The van der Waals surface area contributed by atoms with E-state index in [9.17, 15) is 9.90 Å². The fraction of sp³-hybridized carbons (Fsp3) is 0.421. The molecule has 136 valence electrons. The third-order valence-corrected chi connectivity index (χ3v) is 5.08. The Morgan fingerprint density at radius 1 is 0.808 bits per heavy atom. The molecule has 7 heteroatoms. The molecule has 2 fully saturated rings. The van der Waals surface area contributed by atoms with Gasteiger partial charge in [-0.3, -0.25) is 4.79 Å². The number of aromatic nitrogens is 2. The highest BCUT2D eigenvalue weighted by atomic mass is 16.3. The van der Waals surface area contributed by atoms with Crippen LogP contribution in [0.25, 0.3) is 0 Å². The molecule has 0 atom stereocenters. The number of amides is 1. The summed E-state index contributed by atoms with van der Waals surface area (Å²) in [6, 6.07) is 10.9. The van der Waals surface area contributed by atoms with Gasteiger partial charge in [0.05, 0.1) is 0 Å². The van der Waals surface area contributed by atoms with Crippen molar-refractivity contribution >= 4 is 17.4 Å². The molecule has 3 heterocycles. The van der Waals surface area contributed by atoms with Crippen molar-refractivity contribution in [2.45, 2.75) is 12.8 Å². The van der Waals surface area contributed by atoms with Crippen molar-refractivity contribution in [1.82, 2.24) is 15.1 Å². The number of hydrogen-bond donors (Lipinski definition) is 1. The third kappa shape index (κ3) is 3.42. The van der Waals surface area contributed by atoms with Gasteiger partial charge in [-0.25, -0.2) is 0 Å². The molecule has 2 aliphatic rings. The van der Waals surface area contributed by atoms with Gasteiger partial charge in [0.2, 0.25) is 0 Å². The number of piperazine rings is 1. The van der Waals surface area contributed by atoms with Gasteiger partial charge in [0.25, 0.3) is 5.91 Å². The third-order valence-electron chi connectivity index (χ3n) is 5.08. The summed E-state index contributed by atoms with van der Waals surface area (Å²) in [5, 5.41) is 17.8. The van der Waals surface area contributed by atoms with Gasteiger partial charge in [-0.15, -0.1) is 10.2 Å². The fourth-order valence-electron chi connectivity index (χ4n) is 3.55. The lowest BCUT2D eigenvalue weighted by Gasteiger charge is -2.36. The Bertz CT molecular complexity index is 749. The van der Waals surface area contributed by atoms with E-state index in [-0.39, 0.29) is 11.7 Å². The molecular formula is C19H23N5O2. The molecule has 2 saturated heterocycles. The summed E-state index contributed by atoms with van der Waals surface area (Å²) in [7, 11) is 0. The molecule has 0 radical (unpaired) electrons. The van der Waals surface area contributed by atoms with Gasteiger partial charge >= 0.3 is 0 Å². The highest BCUT2D eigenvalue weighted by Crippen LogP contribution is 2.21. The maximum atomic E-state index is 12.7. The molecule has 2 aliphatic heterocycles. The van der Waals surface area contributed by atoms with Gasteiger partial charge in [0.15, 0.2) is 11.5 Å². The summed E-state index contributed by atoms with van der Waals surface area (Å²) in [6.07, 6.45) is 2.38. The van der Waals surface area contributed by atoms with Crippen LogP contribution in [-0.4, -0.2) is 65.4 Å². The first-order valence-electron chi connectivity index (χ1n) is 9.13. The SMILES string of the molecule is O=C(c1ccc(N2CCCC2)nn1)N1CCN(c2ccc(O)cc2)CC1. The Balaban J connectivity index is 1.36. The van der Waals surface area contributed by atoms with Crippen molar-refractivity contribution in [2.75, 3.05) is 49.1 Å². The van der Waals surface area contributed by atoms with E-state index >= 15 is 0 Å². The monoisotopic (exact) mass is 353 g/mol. The lowest BCUT2D eigenvalue weighted by molar-refractivity contribution is 0.0739. The summed E-state index contributed by atoms with van der Waals surface area (Å²) >= 11 is 0. The Morgan fingerprint density at radius 3 is 2.12 bits per heavy atom. The first-order valence-corrected chi connectivity index (χ1v) is 9.13. The summed E-state index contributed by atoms with van der Waals surface area (Å²) in [5.41, 5.74) is 1.47. The quantitative estimate of drug-likeness (QED) is 0.906. The Morgan fingerprint density at radius 2 is 1.50 bits per heavy atom. The molecular weight excluding hydrogens is 330 g/mol. The average Bonchev–Trinajstić information content (AvgIpc) is 3.23. The largest absolute Gasteiger partial charge is 0.508 e. The highest BCUT2D eigenvalue weighted by molar-refractivity contribution is 5.92. The molecule has 0 unspecified atom stereocenters. The number of benzene rings is 1. The predicted octanol–water partition coefficient (Wildman–Crippen LogP) is 1.74. The zero-order chi connectivity index (χ0) is 17.9. The van der Waals surface area contributed by atoms with Crippen LogP contribution in [0.3, 0.4) is 0 Å². The molecule has 4 rings (SSSR count). The van der Waals surface area contributed by atoms with E-state index in [4.69, 9.17) is 0 Å². The van der Waals surface area contributed by atoms with Crippen LogP contribution in [0.15, 0.2) is 36.4 Å². The molecule has 0 saturated carbocycles. The predicted molar refractivity (Wildman–Crippen MR) is 99.7 cm³/mol. The lowest BCUT2D eigenvalue weighted by Crippen LogP contribution is -2.49. The number of carbonyl (C=O) groups is 1. The zero-order valence-electron chi connectivity index (χ0n) is 14.7. The van der Waals surface area contributed by atoms with Crippen molar-refractivity contribution in [3.05, 3.63) is 42.1 Å². The number of rotatable bonds is 3. The number of aromatic hydroxyl groups is 1. The summed E-state index contributed by atoms with van der Waals surface area (Å²) in [4.78, 5) is 18.9. The molecule has 0 spiro atoms. The number of carbonyl (C=O) groups excluding carboxylic acids is 1. The van der Waals surface area contributed by atoms with Gasteiger partial charge in [0.1, 0.15) is 5.75 Å². The molecule has 1 amide bonds. The summed E-state index contributed by atoms with van der Waals surface area (Å²) < 4.78 is 0. The van der Waals surface area contributed by atoms with E-state index in [0.29, 0.717) is 18.8 Å². The maximum absolute atomic E-state index is 12.7. The molecule has 0 bridgehead atoms. The average molecular weight is 353 g/mol. The van der Waals surface area contributed by atoms with Crippen LogP contribution in [0.5, 0.6) is 5.75 Å². The lowest BCUT2D eigenvalue weighted by atomic mass is 10.2. The fourth-order valence-corrected chi connectivity index (χ4v) is 3.55.